The van der Waals surface area contributed by atoms with Crippen LogP contribution in [-0.4, -0.2) is 26.0 Å². The summed E-state index contributed by atoms with van der Waals surface area (Å²) in [7, 11) is 0. The van der Waals surface area contributed by atoms with E-state index in [1.807, 2.05) is 29.8 Å². The van der Waals surface area contributed by atoms with Crippen LogP contribution in [0.4, 0.5) is 0 Å². The number of hydrogen-bond acceptors (Lipinski definition) is 4. The molecular weight excluding hydrogens is 290 g/mol. The number of nitrogens with one attached hydrogen (secondary N) is 1. The van der Waals surface area contributed by atoms with Gasteiger partial charge in [0.15, 0.2) is 0 Å². The summed E-state index contributed by atoms with van der Waals surface area (Å²) in [5.41, 5.74) is 6.90. The fourth-order valence-electron chi connectivity index (χ4n) is 3.21. The van der Waals surface area contributed by atoms with Crippen molar-refractivity contribution in [3.05, 3.63) is 42.6 Å². The van der Waals surface area contributed by atoms with Crippen LogP contribution in [0.25, 0.3) is 5.82 Å². The van der Waals surface area contributed by atoms with Crippen molar-refractivity contribution in [1.82, 2.24) is 19.9 Å². The molecule has 2 unspecified atom stereocenters. The average Bonchev–Trinajstić information content (AvgIpc) is 3.07. The maximum Gasteiger partial charge on any atom is 0.225 e. The highest BCUT2D eigenvalue weighted by Gasteiger charge is 2.37. The zero-order valence-corrected chi connectivity index (χ0v) is 13.4. The first kappa shape index (κ1) is 15.7. The van der Waals surface area contributed by atoms with Crippen molar-refractivity contribution in [3.63, 3.8) is 0 Å². The van der Waals surface area contributed by atoms with Crippen molar-refractivity contribution >= 4 is 5.91 Å². The van der Waals surface area contributed by atoms with E-state index in [-0.39, 0.29) is 11.8 Å². The van der Waals surface area contributed by atoms with Crippen molar-refractivity contribution in [3.8, 4) is 5.82 Å². The molecular formula is C17H23N5O. The van der Waals surface area contributed by atoms with E-state index in [0.717, 1.165) is 37.1 Å². The van der Waals surface area contributed by atoms with E-state index in [2.05, 4.69) is 15.3 Å². The normalized spacial score (nSPS) is 24.3. The largest absolute Gasteiger partial charge is 0.352 e. The van der Waals surface area contributed by atoms with Crippen molar-refractivity contribution in [2.75, 3.05) is 0 Å². The number of amides is 1. The highest BCUT2D eigenvalue weighted by molar-refractivity contribution is 5.80. The lowest BCUT2D eigenvalue weighted by Gasteiger charge is -2.37. The van der Waals surface area contributed by atoms with Crippen LogP contribution in [0.2, 0.25) is 0 Å². The lowest BCUT2D eigenvalue weighted by atomic mass is 9.74. The van der Waals surface area contributed by atoms with Crippen LogP contribution in [0.15, 0.2) is 37.1 Å². The molecule has 3 rings (SSSR count). The zero-order chi connectivity index (χ0) is 16.3. The SMILES string of the molecule is CC1(N)CCCCC1C(=O)NCc1ccnc(-n2ccnc2)c1. The summed E-state index contributed by atoms with van der Waals surface area (Å²) in [6, 6.07) is 3.85. The van der Waals surface area contributed by atoms with Gasteiger partial charge in [-0.1, -0.05) is 12.8 Å². The number of nitrogens with zero attached hydrogens (tertiary/aromatic N) is 3. The summed E-state index contributed by atoms with van der Waals surface area (Å²) in [5.74, 6) is 0.734. The van der Waals surface area contributed by atoms with Crippen LogP contribution < -0.4 is 11.1 Å². The van der Waals surface area contributed by atoms with Crippen molar-refractivity contribution in [2.45, 2.75) is 44.7 Å². The number of carbonyl (C=O) groups excluding carboxylic acids is 1. The second kappa shape index (κ2) is 6.50. The van der Waals surface area contributed by atoms with Gasteiger partial charge in [0.05, 0.1) is 5.92 Å². The molecule has 0 aliphatic heterocycles. The Hall–Kier alpha value is -2.21. The fraction of sp³-hybridized carbons (Fsp3) is 0.471. The molecule has 0 aromatic carbocycles. The minimum atomic E-state index is -0.400. The van der Waals surface area contributed by atoms with E-state index in [1.54, 1.807) is 18.7 Å². The molecule has 1 saturated carbocycles. The number of rotatable bonds is 4. The Morgan fingerprint density at radius 2 is 2.35 bits per heavy atom. The topological polar surface area (TPSA) is 85.8 Å². The van der Waals surface area contributed by atoms with Crippen LogP contribution in [-0.2, 0) is 11.3 Å². The number of carbonyl (C=O) groups is 1. The molecule has 2 aromatic rings. The van der Waals surface area contributed by atoms with Crippen LogP contribution in [0.1, 0.15) is 38.2 Å². The van der Waals surface area contributed by atoms with Gasteiger partial charge in [0.2, 0.25) is 5.91 Å². The van der Waals surface area contributed by atoms with E-state index >= 15 is 0 Å². The first-order valence-electron chi connectivity index (χ1n) is 8.06. The van der Waals surface area contributed by atoms with Gasteiger partial charge in [0, 0.05) is 30.7 Å². The molecule has 2 heterocycles. The summed E-state index contributed by atoms with van der Waals surface area (Å²) < 4.78 is 1.84. The molecule has 23 heavy (non-hydrogen) atoms. The van der Waals surface area contributed by atoms with Crippen molar-refractivity contribution < 1.29 is 4.79 Å². The smallest absolute Gasteiger partial charge is 0.225 e. The molecule has 0 saturated heterocycles. The molecule has 1 aliphatic carbocycles. The molecule has 1 fully saturated rings. The summed E-state index contributed by atoms with van der Waals surface area (Å²) in [4.78, 5) is 20.8. The van der Waals surface area contributed by atoms with Gasteiger partial charge < -0.3 is 11.1 Å². The minimum absolute atomic E-state index is 0.0516. The molecule has 0 bridgehead atoms. The monoisotopic (exact) mass is 313 g/mol. The Morgan fingerprint density at radius 1 is 1.48 bits per heavy atom. The molecule has 6 nitrogen and oxygen atoms in total. The van der Waals surface area contributed by atoms with E-state index in [0.29, 0.717) is 6.54 Å². The Labute approximate surface area is 136 Å². The highest BCUT2D eigenvalue weighted by Crippen LogP contribution is 2.31. The number of pyridine rings is 1. The predicted octanol–water partition coefficient (Wildman–Crippen LogP) is 1.79. The molecule has 2 aromatic heterocycles. The van der Waals surface area contributed by atoms with Gasteiger partial charge in [-0.15, -0.1) is 0 Å². The minimum Gasteiger partial charge on any atom is -0.352 e. The summed E-state index contributed by atoms with van der Waals surface area (Å²) in [6.45, 7) is 2.47. The Balaban J connectivity index is 1.64. The van der Waals surface area contributed by atoms with Gasteiger partial charge in [0.1, 0.15) is 12.1 Å². The highest BCUT2D eigenvalue weighted by atomic mass is 16.1. The molecule has 2 atom stereocenters. The van der Waals surface area contributed by atoms with Gasteiger partial charge in [-0.3, -0.25) is 9.36 Å². The maximum atomic E-state index is 12.5. The third-order valence-corrected chi connectivity index (χ3v) is 4.62. The van der Waals surface area contributed by atoms with E-state index in [9.17, 15) is 4.79 Å². The number of imidazole rings is 1. The van der Waals surface area contributed by atoms with Gasteiger partial charge in [-0.05, 0) is 37.5 Å². The van der Waals surface area contributed by atoms with E-state index in [1.165, 1.54) is 0 Å². The van der Waals surface area contributed by atoms with Gasteiger partial charge in [0.25, 0.3) is 0 Å². The summed E-state index contributed by atoms with van der Waals surface area (Å²) >= 11 is 0. The second-order valence-corrected chi connectivity index (χ2v) is 6.51. The number of nitrogens with two attached hydrogens (primary N) is 1. The molecule has 6 heteroatoms. The van der Waals surface area contributed by atoms with Gasteiger partial charge >= 0.3 is 0 Å². The number of hydrogen-bond donors (Lipinski definition) is 2. The second-order valence-electron chi connectivity index (χ2n) is 6.51. The maximum absolute atomic E-state index is 12.5. The fourth-order valence-corrected chi connectivity index (χ4v) is 3.21. The van der Waals surface area contributed by atoms with Crippen LogP contribution >= 0.6 is 0 Å². The zero-order valence-electron chi connectivity index (χ0n) is 13.4. The molecule has 3 N–H and O–H groups in total. The summed E-state index contributed by atoms with van der Waals surface area (Å²) in [5, 5.41) is 3.03. The molecule has 0 spiro atoms. The van der Waals surface area contributed by atoms with Gasteiger partial charge in [-0.25, -0.2) is 9.97 Å². The molecule has 0 radical (unpaired) electrons. The average molecular weight is 313 g/mol. The first-order valence-corrected chi connectivity index (χ1v) is 8.06. The van der Waals surface area contributed by atoms with E-state index < -0.39 is 5.54 Å². The Kier molecular flexibility index (Phi) is 4.43. The van der Waals surface area contributed by atoms with E-state index in [4.69, 9.17) is 5.73 Å². The molecule has 1 amide bonds. The van der Waals surface area contributed by atoms with Crippen molar-refractivity contribution in [1.29, 1.82) is 0 Å². The summed E-state index contributed by atoms with van der Waals surface area (Å²) in [6.07, 6.45) is 11.0. The van der Waals surface area contributed by atoms with Crippen LogP contribution in [0, 0.1) is 5.92 Å². The van der Waals surface area contributed by atoms with Crippen LogP contribution in [0.3, 0.4) is 0 Å². The van der Waals surface area contributed by atoms with Crippen LogP contribution in [0.5, 0.6) is 0 Å². The Bertz CT molecular complexity index is 665. The third kappa shape index (κ3) is 3.59. The molecule has 122 valence electrons. The van der Waals surface area contributed by atoms with Gasteiger partial charge in [-0.2, -0.15) is 0 Å². The third-order valence-electron chi connectivity index (χ3n) is 4.62. The number of aromatic nitrogens is 3. The first-order chi connectivity index (χ1) is 11.1. The Morgan fingerprint density at radius 3 is 3.09 bits per heavy atom. The predicted molar refractivity (Wildman–Crippen MR) is 87.8 cm³/mol. The molecule has 1 aliphatic rings. The van der Waals surface area contributed by atoms with Crippen molar-refractivity contribution in [2.24, 2.45) is 11.7 Å². The quantitative estimate of drug-likeness (QED) is 0.901. The lowest BCUT2D eigenvalue weighted by Crippen LogP contribution is -2.52. The lowest BCUT2D eigenvalue weighted by molar-refractivity contribution is -0.128. The standard InChI is InChI=1S/C17H23N5O/c1-17(18)6-3-2-4-14(17)16(23)21-11-13-5-7-20-15(10-13)22-9-8-19-12-22/h5,7-10,12,14H,2-4,6,11,18H2,1H3,(H,21,23).